The predicted octanol–water partition coefficient (Wildman–Crippen LogP) is 2.93. The third kappa shape index (κ3) is 5.04. The minimum absolute atomic E-state index is 0.0818. The number of nitrogens with zero attached hydrogens (tertiary/aromatic N) is 4. The molecule has 1 aliphatic heterocycles. The highest BCUT2D eigenvalue weighted by atomic mass is 19.4. The van der Waals surface area contributed by atoms with Gasteiger partial charge in [0, 0.05) is 49.3 Å². The molecule has 1 amide bonds. The summed E-state index contributed by atoms with van der Waals surface area (Å²) in [5.74, 6) is -0.168. The van der Waals surface area contributed by atoms with Crippen LogP contribution in [0.15, 0.2) is 36.8 Å². The molecule has 0 atom stereocenters. The number of amides is 1. The number of carbonyl (C=O) groups excluding carboxylic acids is 1. The second kappa shape index (κ2) is 8.40. The molecule has 3 heterocycles. The van der Waals surface area contributed by atoms with Gasteiger partial charge >= 0.3 is 6.18 Å². The Hall–Kier alpha value is -3.37. The fourth-order valence-corrected chi connectivity index (χ4v) is 3.49. The van der Waals surface area contributed by atoms with Gasteiger partial charge in [0.1, 0.15) is 18.0 Å². The van der Waals surface area contributed by atoms with E-state index in [0.29, 0.717) is 37.4 Å². The standard InChI is InChI=1S/C20H19F4N5O2/c21-14-1-2-16-15(8-14)13(10-25-16)7-19(30)29-5-3-28(4-6-29)17-9-18(27-12-26-17)31-11-20(22,23)24/h1-2,8-10,12,25H,3-7,11H2. The Labute approximate surface area is 174 Å². The van der Waals surface area contributed by atoms with Crippen LogP contribution >= 0.6 is 0 Å². The van der Waals surface area contributed by atoms with E-state index < -0.39 is 12.8 Å². The topological polar surface area (TPSA) is 74.4 Å². The summed E-state index contributed by atoms with van der Waals surface area (Å²) >= 11 is 0. The van der Waals surface area contributed by atoms with Crippen LogP contribution < -0.4 is 9.64 Å². The maximum Gasteiger partial charge on any atom is 0.422 e. The van der Waals surface area contributed by atoms with Crippen molar-refractivity contribution >= 4 is 22.6 Å². The second-order valence-electron chi connectivity index (χ2n) is 7.17. The van der Waals surface area contributed by atoms with Crippen LogP contribution in [0.1, 0.15) is 5.56 Å². The van der Waals surface area contributed by atoms with E-state index in [0.717, 1.165) is 17.4 Å². The van der Waals surface area contributed by atoms with E-state index in [1.165, 1.54) is 18.2 Å². The first-order chi connectivity index (χ1) is 14.8. The van der Waals surface area contributed by atoms with Crippen LogP contribution in [-0.4, -0.2) is 64.7 Å². The number of alkyl halides is 3. The first kappa shape index (κ1) is 20.9. The molecule has 4 rings (SSSR count). The van der Waals surface area contributed by atoms with Gasteiger partial charge in [-0.25, -0.2) is 14.4 Å². The quantitative estimate of drug-likeness (QED) is 0.622. The maximum absolute atomic E-state index is 13.5. The maximum atomic E-state index is 13.5. The van der Waals surface area contributed by atoms with Crippen LogP contribution in [-0.2, 0) is 11.2 Å². The first-order valence-electron chi connectivity index (χ1n) is 9.58. The number of H-pyrrole nitrogens is 1. The fourth-order valence-electron chi connectivity index (χ4n) is 3.49. The molecule has 0 aliphatic carbocycles. The van der Waals surface area contributed by atoms with Crippen LogP contribution in [0, 0.1) is 5.82 Å². The average Bonchev–Trinajstić information content (AvgIpc) is 3.14. The second-order valence-corrected chi connectivity index (χ2v) is 7.17. The zero-order valence-electron chi connectivity index (χ0n) is 16.3. The summed E-state index contributed by atoms with van der Waals surface area (Å²) in [7, 11) is 0. The number of piperazine rings is 1. The molecule has 1 saturated heterocycles. The number of aromatic amines is 1. The number of aromatic nitrogens is 3. The van der Waals surface area contributed by atoms with E-state index in [9.17, 15) is 22.4 Å². The Bertz CT molecular complexity index is 1080. The molecule has 1 N–H and O–H groups in total. The number of anilines is 1. The van der Waals surface area contributed by atoms with Crippen molar-refractivity contribution in [2.75, 3.05) is 37.7 Å². The van der Waals surface area contributed by atoms with Crippen LogP contribution in [0.5, 0.6) is 5.88 Å². The average molecular weight is 437 g/mol. The lowest BCUT2D eigenvalue weighted by Crippen LogP contribution is -2.49. The summed E-state index contributed by atoms with van der Waals surface area (Å²) in [5.41, 5.74) is 1.49. The van der Waals surface area contributed by atoms with E-state index in [2.05, 4.69) is 19.7 Å². The molecular formula is C20H19F4N5O2. The number of benzene rings is 1. The molecule has 2 aromatic heterocycles. The number of ether oxygens (including phenoxy) is 1. The van der Waals surface area contributed by atoms with Crippen LogP contribution in [0.25, 0.3) is 10.9 Å². The van der Waals surface area contributed by atoms with Crippen molar-refractivity contribution in [2.24, 2.45) is 0 Å². The van der Waals surface area contributed by atoms with Gasteiger partial charge in [-0.3, -0.25) is 4.79 Å². The van der Waals surface area contributed by atoms with Gasteiger partial charge in [-0.05, 0) is 23.8 Å². The van der Waals surface area contributed by atoms with E-state index in [1.54, 1.807) is 17.2 Å². The lowest BCUT2D eigenvalue weighted by Gasteiger charge is -2.35. The number of hydrogen-bond donors (Lipinski definition) is 1. The number of hydrogen-bond acceptors (Lipinski definition) is 5. The van der Waals surface area contributed by atoms with Crippen molar-refractivity contribution in [3.8, 4) is 5.88 Å². The van der Waals surface area contributed by atoms with Crippen molar-refractivity contribution in [3.05, 3.63) is 48.2 Å². The minimum atomic E-state index is -4.45. The fraction of sp³-hybridized carbons (Fsp3) is 0.350. The Morgan fingerprint density at radius 3 is 2.65 bits per heavy atom. The third-order valence-corrected chi connectivity index (χ3v) is 5.04. The number of nitrogens with one attached hydrogen (secondary N) is 1. The van der Waals surface area contributed by atoms with Gasteiger partial charge < -0.3 is 19.5 Å². The molecule has 0 radical (unpaired) electrons. The molecular weight excluding hydrogens is 418 g/mol. The van der Waals surface area contributed by atoms with E-state index in [1.807, 2.05) is 4.90 Å². The Kier molecular flexibility index (Phi) is 5.66. The first-order valence-corrected chi connectivity index (χ1v) is 9.58. The van der Waals surface area contributed by atoms with Gasteiger partial charge in [-0.15, -0.1) is 0 Å². The van der Waals surface area contributed by atoms with E-state index in [-0.39, 0.29) is 24.0 Å². The van der Waals surface area contributed by atoms with E-state index in [4.69, 9.17) is 0 Å². The van der Waals surface area contributed by atoms with Gasteiger partial charge in [-0.2, -0.15) is 13.2 Å². The Balaban J connectivity index is 1.35. The van der Waals surface area contributed by atoms with E-state index >= 15 is 0 Å². The monoisotopic (exact) mass is 437 g/mol. The zero-order chi connectivity index (χ0) is 22.0. The summed E-state index contributed by atoms with van der Waals surface area (Å²) in [6.45, 7) is 0.355. The molecule has 7 nitrogen and oxygen atoms in total. The van der Waals surface area contributed by atoms with Gasteiger partial charge in [0.2, 0.25) is 11.8 Å². The lowest BCUT2D eigenvalue weighted by molar-refractivity contribution is -0.154. The largest absolute Gasteiger partial charge is 0.468 e. The van der Waals surface area contributed by atoms with Crippen molar-refractivity contribution in [1.82, 2.24) is 19.9 Å². The molecule has 0 saturated carbocycles. The number of fused-ring (bicyclic) bond motifs is 1. The predicted molar refractivity (Wildman–Crippen MR) is 104 cm³/mol. The third-order valence-electron chi connectivity index (χ3n) is 5.04. The SMILES string of the molecule is O=C(Cc1c[nH]c2ccc(F)cc12)N1CCN(c2cc(OCC(F)(F)F)ncn2)CC1. The highest BCUT2D eigenvalue weighted by Crippen LogP contribution is 2.23. The molecule has 1 aliphatic rings. The van der Waals surface area contributed by atoms with Crippen LogP contribution in [0.3, 0.4) is 0 Å². The molecule has 1 aromatic carbocycles. The number of halogens is 4. The van der Waals surface area contributed by atoms with Gasteiger partial charge in [0.15, 0.2) is 6.61 Å². The van der Waals surface area contributed by atoms with Crippen molar-refractivity contribution in [3.63, 3.8) is 0 Å². The number of carbonyl (C=O) groups is 1. The summed E-state index contributed by atoms with van der Waals surface area (Å²) in [6.07, 6.45) is -1.45. The van der Waals surface area contributed by atoms with Crippen LogP contribution in [0.2, 0.25) is 0 Å². The van der Waals surface area contributed by atoms with Crippen molar-refractivity contribution < 1.29 is 27.1 Å². The van der Waals surface area contributed by atoms with Gasteiger partial charge in [0.25, 0.3) is 0 Å². The minimum Gasteiger partial charge on any atom is -0.468 e. The lowest BCUT2D eigenvalue weighted by atomic mass is 10.1. The Morgan fingerprint density at radius 2 is 1.90 bits per heavy atom. The molecule has 0 spiro atoms. The summed E-state index contributed by atoms with van der Waals surface area (Å²) in [4.78, 5) is 27.1. The summed E-state index contributed by atoms with van der Waals surface area (Å²) in [6, 6.07) is 5.74. The normalized spacial score (nSPS) is 14.8. The highest BCUT2D eigenvalue weighted by Gasteiger charge is 2.29. The van der Waals surface area contributed by atoms with Crippen molar-refractivity contribution in [2.45, 2.75) is 12.6 Å². The van der Waals surface area contributed by atoms with Gasteiger partial charge in [-0.1, -0.05) is 0 Å². The zero-order valence-corrected chi connectivity index (χ0v) is 16.3. The smallest absolute Gasteiger partial charge is 0.422 e. The summed E-state index contributed by atoms with van der Waals surface area (Å²) < 4.78 is 55.2. The van der Waals surface area contributed by atoms with Crippen LogP contribution in [0.4, 0.5) is 23.4 Å². The molecule has 31 heavy (non-hydrogen) atoms. The molecule has 0 unspecified atom stereocenters. The van der Waals surface area contributed by atoms with Gasteiger partial charge in [0.05, 0.1) is 6.42 Å². The molecule has 1 fully saturated rings. The summed E-state index contributed by atoms with van der Waals surface area (Å²) in [5, 5.41) is 0.680. The molecule has 3 aromatic rings. The Morgan fingerprint density at radius 1 is 1.13 bits per heavy atom. The van der Waals surface area contributed by atoms with Crippen molar-refractivity contribution in [1.29, 1.82) is 0 Å². The highest BCUT2D eigenvalue weighted by molar-refractivity contribution is 5.89. The number of rotatable bonds is 5. The molecule has 11 heteroatoms. The molecule has 164 valence electrons. The molecule has 0 bridgehead atoms.